The fraction of sp³-hybridized carbons (Fsp3) is 0.300. The maximum absolute atomic E-state index is 12.3. The molecule has 0 unspecified atom stereocenters. The molecule has 5 nitrogen and oxygen atoms in total. The van der Waals surface area contributed by atoms with E-state index in [1.807, 2.05) is 32.0 Å². The lowest BCUT2D eigenvalue weighted by Crippen LogP contribution is -2.30. The van der Waals surface area contributed by atoms with Gasteiger partial charge in [0.1, 0.15) is 5.75 Å². The number of nitrogens with one attached hydrogen (secondary N) is 2. The van der Waals surface area contributed by atoms with Crippen LogP contribution >= 0.6 is 27.5 Å². The van der Waals surface area contributed by atoms with E-state index in [0.29, 0.717) is 22.7 Å². The summed E-state index contributed by atoms with van der Waals surface area (Å²) in [5.74, 6) is 0.358. The van der Waals surface area contributed by atoms with Gasteiger partial charge in [0.05, 0.1) is 22.3 Å². The van der Waals surface area contributed by atoms with Gasteiger partial charge in [-0.25, -0.2) is 0 Å². The first-order valence-electron chi connectivity index (χ1n) is 8.53. The summed E-state index contributed by atoms with van der Waals surface area (Å²) in [7, 11) is 1.60. The predicted octanol–water partition coefficient (Wildman–Crippen LogP) is 4.82. The second-order valence-corrected chi connectivity index (χ2v) is 7.60. The highest BCUT2D eigenvalue weighted by Crippen LogP contribution is 2.26. The summed E-state index contributed by atoms with van der Waals surface area (Å²) in [6.45, 7) is 3.77. The molecule has 2 N–H and O–H groups in total. The molecule has 0 aliphatic rings. The molecular formula is C20H22BrClN2O3. The number of hydrogen-bond acceptors (Lipinski definition) is 3. The van der Waals surface area contributed by atoms with Gasteiger partial charge in [-0.05, 0) is 72.1 Å². The Labute approximate surface area is 172 Å². The lowest BCUT2D eigenvalue weighted by molar-refractivity contribution is -0.116. The third kappa shape index (κ3) is 6.26. The van der Waals surface area contributed by atoms with E-state index in [1.165, 1.54) is 0 Å². The van der Waals surface area contributed by atoms with Gasteiger partial charge in [0, 0.05) is 18.0 Å². The lowest BCUT2D eigenvalue weighted by Gasteiger charge is -2.12. The quantitative estimate of drug-likeness (QED) is 0.631. The molecule has 0 aliphatic heterocycles. The Balaban J connectivity index is 2.00. The normalized spacial score (nSPS) is 10.6. The molecule has 0 saturated heterocycles. The van der Waals surface area contributed by atoms with Crippen molar-refractivity contribution in [2.24, 2.45) is 0 Å². The Morgan fingerprint density at radius 3 is 2.56 bits per heavy atom. The third-order valence-corrected chi connectivity index (χ3v) is 4.73. The summed E-state index contributed by atoms with van der Waals surface area (Å²) in [6, 6.07) is 10.5. The second kappa shape index (κ2) is 9.76. The van der Waals surface area contributed by atoms with E-state index >= 15 is 0 Å². The van der Waals surface area contributed by atoms with Crippen LogP contribution in [0.1, 0.15) is 36.2 Å². The number of halogens is 2. The van der Waals surface area contributed by atoms with Crippen LogP contribution in [-0.4, -0.2) is 25.0 Å². The summed E-state index contributed by atoms with van der Waals surface area (Å²) in [5, 5.41) is 5.98. The van der Waals surface area contributed by atoms with Crippen molar-refractivity contribution in [3.05, 3.63) is 57.0 Å². The molecule has 0 fully saturated rings. The summed E-state index contributed by atoms with van der Waals surface area (Å²) >= 11 is 9.59. The van der Waals surface area contributed by atoms with Crippen LogP contribution in [0.15, 0.2) is 40.9 Å². The van der Waals surface area contributed by atoms with Gasteiger partial charge in [0.2, 0.25) is 5.91 Å². The Morgan fingerprint density at radius 2 is 1.93 bits per heavy atom. The van der Waals surface area contributed by atoms with Gasteiger partial charge in [-0.15, -0.1) is 0 Å². The third-order valence-electron chi connectivity index (χ3n) is 3.78. The molecule has 7 heteroatoms. The van der Waals surface area contributed by atoms with E-state index in [0.717, 1.165) is 15.8 Å². The highest BCUT2D eigenvalue weighted by Gasteiger charge is 2.12. The van der Waals surface area contributed by atoms with Crippen molar-refractivity contribution in [1.82, 2.24) is 5.32 Å². The van der Waals surface area contributed by atoms with Gasteiger partial charge in [0.25, 0.3) is 5.91 Å². The predicted molar refractivity (Wildman–Crippen MR) is 112 cm³/mol. The van der Waals surface area contributed by atoms with Crippen LogP contribution in [0.5, 0.6) is 5.75 Å². The Bertz CT molecular complexity index is 840. The summed E-state index contributed by atoms with van der Waals surface area (Å²) in [5.41, 5.74) is 1.88. The Kier molecular flexibility index (Phi) is 7.68. The Hall–Kier alpha value is -2.05. The van der Waals surface area contributed by atoms with E-state index in [9.17, 15) is 9.59 Å². The number of benzene rings is 2. The van der Waals surface area contributed by atoms with Gasteiger partial charge < -0.3 is 15.4 Å². The van der Waals surface area contributed by atoms with Crippen LogP contribution in [0.4, 0.5) is 5.69 Å². The zero-order valence-electron chi connectivity index (χ0n) is 15.4. The van der Waals surface area contributed by atoms with E-state index in [1.54, 1.807) is 25.3 Å². The largest absolute Gasteiger partial charge is 0.496 e. The first kappa shape index (κ1) is 21.3. The molecule has 2 amide bonds. The van der Waals surface area contributed by atoms with Crippen molar-refractivity contribution in [2.75, 3.05) is 12.4 Å². The molecule has 2 aromatic rings. The molecule has 144 valence electrons. The van der Waals surface area contributed by atoms with Crippen LogP contribution < -0.4 is 15.4 Å². The maximum Gasteiger partial charge on any atom is 0.251 e. The number of rotatable bonds is 7. The minimum atomic E-state index is -0.208. The number of carbonyl (C=O) groups is 2. The highest BCUT2D eigenvalue weighted by atomic mass is 79.9. The molecule has 27 heavy (non-hydrogen) atoms. The van der Waals surface area contributed by atoms with Gasteiger partial charge in [0.15, 0.2) is 0 Å². The second-order valence-electron chi connectivity index (χ2n) is 6.34. The zero-order valence-corrected chi connectivity index (χ0v) is 17.8. The molecule has 0 bridgehead atoms. The SMILES string of the molecule is COc1ccc(CCC(=O)Nc2cc(C(=O)NC(C)C)ccc2Cl)cc1Br. The number of carbonyl (C=O) groups excluding carboxylic acids is 2. The van der Waals surface area contributed by atoms with E-state index in [-0.39, 0.29) is 24.3 Å². The number of aryl methyl sites for hydroxylation is 1. The van der Waals surface area contributed by atoms with Crippen LogP contribution in [0.2, 0.25) is 5.02 Å². The highest BCUT2D eigenvalue weighted by molar-refractivity contribution is 9.10. The van der Waals surface area contributed by atoms with Crippen LogP contribution in [0, 0.1) is 0 Å². The smallest absolute Gasteiger partial charge is 0.251 e. The van der Waals surface area contributed by atoms with Crippen molar-refractivity contribution in [1.29, 1.82) is 0 Å². The molecule has 0 radical (unpaired) electrons. The number of methoxy groups -OCH3 is 1. The molecule has 2 rings (SSSR count). The van der Waals surface area contributed by atoms with Crippen molar-refractivity contribution >= 4 is 45.0 Å². The molecule has 0 aliphatic carbocycles. The number of amides is 2. The number of ether oxygens (including phenoxy) is 1. The number of hydrogen-bond donors (Lipinski definition) is 2. The van der Waals surface area contributed by atoms with Crippen molar-refractivity contribution < 1.29 is 14.3 Å². The maximum atomic E-state index is 12.3. The van der Waals surface area contributed by atoms with Crippen LogP contribution in [0.25, 0.3) is 0 Å². The summed E-state index contributed by atoms with van der Waals surface area (Å²) in [6.07, 6.45) is 0.858. The van der Waals surface area contributed by atoms with Gasteiger partial charge in [-0.3, -0.25) is 9.59 Å². The molecule has 0 spiro atoms. The van der Waals surface area contributed by atoms with E-state index in [4.69, 9.17) is 16.3 Å². The van der Waals surface area contributed by atoms with Crippen molar-refractivity contribution in [3.63, 3.8) is 0 Å². The Morgan fingerprint density at radius 1 is 1.19 bits per heavy atom. The molecule has 0 atom stereocenters. The first-order chi connectivity index (χ1) is 12.8. The van der Waals surface area contributed by atoms with E-state index < -0.39 is 0 Å². The summed E-state index contributed by atoms with van der Waals surface area (Å²) < 4.78 is 6.04. The average molecular weight is 454 g/mol. The summed E-state index contributed by atoms with van der Waals surface area (Å²) in [4.78, 5) is 24.4. The number of anilines is 1. The van der Waals surface area contributed by atoms with E-state index in [2.05, 4.69) is 26.6 Å². The standard InChI is InChI=1S/C20H22BrClN2O3/c1-12(2)23-20(26)14-6-7-16(22)17(11-14)24-19(25)9-5-13-4-8-18(27-3)15(21)10-13/h4,6-8,10-12H,5,9H2,1-3H3,(H,23,26)(H,24,25). The monoisotopic (exact) mass is 452 g/mol. The molecule has 0 saturated carbocycles. The minimum absolute atomic E-state index is 0.0232. The fourth-order valence-corrected chi connectivity index (χ4v) is 3.20. The first-order valence-corrected chi connectivity index (χ1v) is 9.70. The fourth-order valence-electron chi connectivity index (χ4n) is 2.44. The van der Waals surface area contributed by atoms with Crippen molar-refractivity contribution in [2.45, 2.75) is 32.7 Å². The molecule has 2 aromatic carbocycles. The average Bonchev–Trinajstić information content (AvgIpc) is 2.61. The lowest BCUT2D eigenvalue weighted by atomic mass is 10.1. The molecule has 0 heterocycles. The van der Waals surface area contributed by atoms with Crippen molar-refractivity contribution in [3.8, 4) is 5.75 Å². The molecule has 0 aromatic heterocycles. The van der Waals surface area contributed by atoms with Gasteiger partial charge >= 0.3 is 0 Å². The van der Waals surface area contributed by atoms with Crippen LogP contribution in [-0.2, 0) is 11.2 Å². The topological polar surface area (TPSA) is 67.4 Å². The van der Waals surface area contributed by atoms with Crippen LogP contribution in [0.3, 0.4) is 0 Å². The van der Waals surface area contributed by atoms with Gasteiger partial charge in [-0.1, -0.05) is 17.7 Å². The zero-order chi connectivity index (χ0) is 20.0. The van der Waals surface area contributed by atoms with Gasteiger partial charge in [-0.2, -0.15) is 0 Å². The molecular weight excluding hydrogens is 432 g/mol. The minimum Gasteiger partial charge on any atom is -0.496 e.